The van der Waals surface area contributed by atoms with Gasteiger partial charge in [0.1, 0.15) is 12.3 Å². The summed E-state index contributed by atoms with van der Waals surface area (Å²) in [6.07, 6.45) is 0. The van der Waals surface area contributed by atoms with Crippen LogP contribution < -0.4 is 14.4 Å². The number of nitrogens with one attached hydrogen (secondary N) is 1. The van der Waals surface area contributed by atoms with Gasteiger partial charge in [0.05, 0.1) is 23.4 Å². The molecule has 1 N–H and O–H groups in total. The SMILES string of the molecule is COc1ccc(Cl)cc1NC(=O)CN(c1cc(C)cc(C)c1)S(=O)(=O)c1ccc(C)cc1. The van der Waals surface area contributed by atoms with E-state index in [0.717, 1.165) is 21.0 Å². The molecule has 1 amide bonds. The molecule has 168 valence electrons. The Morgan fingerprint density at radius 3 is 2.16 bits per heavy atom. The fourth-order valence-electron chi connectivity index (χ4n) is 3.35. The summed E-state index contributed by atoms with van der Waals surface area (Å²) in [6.45, 7) is 5.22. The number of hydrogen-bond acceptors (Lipinski definition) is 4. The molecule has 32 heavy (non-hydrogen) atoms. The topological polar surface area (TPSA) is 75.7 Å². The maximum Gasteiger partial charge on any atom is 0.264 e. The number of hydrogen-bond donors (Lipinski definition) is 1. The Hall–Kier alpha value is -3.03. The molecular weight excluding hydrogens is 448 g/mol. The van der Waals surface area contributed by atoms with E-state index in [-0.39, 0.29) is 4.90 Å². The highest BCUT2D eigenvalue weighted by Crippen LogP contribution is 2.29. The molecule has 0 bridgehead atoms. The molecule has 0 aliphatic heterocycles. The van der Waals surface area contributed by atoms with Crippen molar-refractivity contribution in [2.24, 2.45) is 0 Å². The number of carbonyl (C=O) groups excluding carboxylic acids is 1. The van der Waals surface area contributed by atoms with E-state index < -0.39 is 22.5 Å². The van der Waals surface area contributed by atoms with E-state index in [2.05, 4.69) is 5.32 Å². The van der Waals surface area contributed by atoms with Crippen LogP contribution in [0.3, 0.4) is 0 Å². The molecular formula is C24H25ClN2O4S. The molecule has 3 aromatic rings. The molecule has 0 radical (unpaired) electrons. The molecule has 3 aromatic carbocycles. The minimum atomic E-state index is -4.00. The van der Waals surface area contributed by atoms with Crippen LogP contribution in [-0.4, -0.2) is 28.0 Å². The number of benzene rings is 3. The van der Waals surface area contributed by atoms with Crippen molar-refractivity contribution in [2.75, 3.05) is 23.3 Å². The largest absolute Gasteiger partial charge is 0.495 e. The number of methoxy groups -OCH3 is 1. The average molecular weight is 473 g/mol. The average Bonchev–Trinajstić information content (AvgIpc) is 2.71. The third-order valence-corrected chi connectivity index (χ3v) is 6.85. The minimum Gasteiger partial charge on any atom is -0.495 e. The minimum absolute atomic E-state index is 0.107. The molecule has 6 nitrogen and oxygen atoms in total. The van der Waals surface area contributed by atoms with Gasteiger partial charge in [0.25, 0.3) is 10.0 Å². The highest BCUT2D eigenvalue weighted by atomic mass is 35.5. The van der Waals surface area contributed by atoms with Crippen molar-refractivity contribution in [1.29, 1.82) is 0 Å². The van der Waals surface area contributed by atoms with Gasteiger partial charge in [-0.2, -0.15) is 0 Å². The van der Waals surface area contributed by atoms with Crippen LogP contribution in [0.2, 0.25) is 5.02 Å². The zero-order valence-corrected chi connectivity index (χ0v) is 19.9. The third-order valence-electron chi connectivity index (χ3n) is 4.83. The molecule has 0 saturated heterocycles. The van der Waals surface area contributed by atoms with Crippen molar-refractivity contribution in [3.8, 4) is 5.75 Å². The smallest absolute Gasteiger partial charge is 0.264 e. The van der Waals surface area contributed by atoms with E-state index in [1.807, 2.05) is 26.8 Å². The summed E-state index contributed by atoms with van der Waals surface area (Å²) in [5.74, 6) is -0.109. The first-order chi connectivity index (χ1) is 15.1. The van der Waals surface area contributed by atoms with E-state index in [1.165, 1.54) is 19.2 Å². The molecule has 0 saturated carbocycles. The molecule has 0 aliphatic rings. The molecule has 0 aromatic heterocycles. The number of carbonyl (C=O) groups is 1. The third kappa shape index (κ3) is 5.41. The number of ether oxygens (including phenoxy) is 1. The summed E-state index contributed by atoms with van der Waals surface area (Å²) in [5.41, 5.74) is 3.49. The van der Waals surface area contributed by atoms with Crippen LogP contribution in [0.1, 0.15) is 16.7 Å². The van der Waals surface area contributed by atoms with Gasteiger partial charge in [0, 0.05) is 5.02 Å². The highest BCUT2D eigenvalue weighted by Gasteiger charge is 2.28. The van der Waals surface area contributed by atoms with Crippen LogP contribution in [0.5, 0.6) is 5.75 Å². The molecule has 3 rings (SSSR count). The van der Waals surface area contributed by atoms with Crippen LogP contribution >= 0.6 is 11.6 Å². The van der Waals surface area contributed by atoms with Crippen molar-refractivity contribution in [2.45, 2.75) is 25.7 Å². The zero-order chi connectivity index (χ0) is 23.5. The number of amides is 1. The predicted octanol–water partition coefficient (Wildman–Crippen LogP) is 5.11. The Labute approximate surface area is 193 Å². The van der Waals surface area contributed by atoms with E-state index >= 15 is 0 Å². The summed E-state index contributed by atoms with van der Waals surface area (Å²) in [6, 6.07) is 16.8. The van der Waals surface area contributed by atoms with Crippen LogP contribution in [-0.2, 0) is 14.8 Å². The van der Waals surface area contributed by atoms with Gasteiger partial charge >= 0.3 is 0 Å². The van der Waals surface area contributed by atoms with Crippen LogP contribution in [0.4, 0.5) is 11.4 Å². The zero-order valence-electron chi connectivity index (χ0n) is 18.3. The number of rotatable bonds is 7. The lowest BCUT2D eigenvalue weighted by atomic mass is 10.1. The maximum absolute atomic E-state index is 13.5. The van der Waals surface area contributed by atoms with Gasteiger partial charge in [-0.3, -0.25) is 9.10 Å². The lowest BCUT2D eigenvalue weighted by Gasteiger charge is -2.25. The van der Waals surface area contributed by atoms with Crippen molar-refractivity contribution >= 4 is 38.9 Å². The predicted molar refractivity (Wildman–Crippen MR) is 128 cm³/mol. The molecule has 0 atom stereocenters. The van der Waals surface area contributed by atoms with E-state index in [0.29, 0.717) is 22.1 Å². The molecule has 0 heterocycles. The van der Waals surface area contributed by atoms with Gasteiger partial charge in [-0.1, -0.05) is 35.4 Å². The normalized spacial score (nSPS) is 11.2. The molecule has 8 heteroatoms. The first-order valence-electron chi connectivity index (χ1n) is 9.91. The van der Waals surface area contributed by atoms with Crippen molar-refractivity contribution in [3.63, 3.8) is 0 Å². The maximum atomic E-state index is 13.5. The van der Waals surface area contributed by atoms with Gasteiger partial charge in [0.2, 0.25) is 5.91 Å². The van der Waals surface area contributed by atoms with E-state index in [4.69, 9.17) is 16.3 Å². The Kier molecular flexibility index (Phi) is 7.11. The standard InChI is InChI=1S/C24H25ClN2O4S/c1-16-5-8-21(9-6-16)32(29,30)27(20-12-17(2)11-18(3)13-20)15-24(28)26-22-14-19(25)7-10-23(22)31-4/h5-14H,15H2,1-4H3,(H,26,28). The van der Waals surface area contributed by atoms with E-state index in [9.17, 15) is 13.2 Å². The number of halogens is 1. The second-order valence-corrected chi connectivity index (χ2v) is 9.86. The summed E-state index contributed by atoms with van der Waals surface area (Å²) in [7, 11) is -2.53. The number of aryl methyl sites for hydroxylation is 3. The Morgan fingerprint density at radius 1 is 0.938 bits per heavy atom. The summed E-state index contributed by atoms with van der Waals surface area (Å²) >= 11 is 6.05. The van der Waals surface area contributed by atoms with Crippen LogP contribution in [0.25, 0.3) is 0 Å². The van der Waals surface area contributed by atoms with Gasteiger partial charge < -0.3 is 10.1 Å². The van der Waals surface area contributed by atoms with Crippen LogP contribution in [0.15, 0.2) is 65.6 Å². The Bertz CT molecular complexity index is 1220. The van der Waals surface area contributed by atoms with Crippen LogP contribution in [0, 0.1) is 20.8 Å². The second-order valence-electron chi connectivity index (χ2n) is 7.56. The number of nitrogens with zero attached hydrogens (tertiary/aromatic N) is 1. The quantitative estimate of drug-likeness (QED) is 0.518. The first-order valence-corrected chi connectivity index (χ1v) is 11.7. The van der Waals surface area contributed by atoms with Crippen molar-refractivity contribution in [1.82, 2.24) is 0 Å². The fraction of sp³-hybridized carbons (Fsp3) is 0.208. The lowest BCUT2D eigenvalue weighted by Crippen LogP contribution is -2.38. The number of anilines is 2. The van der Waals surface area contributed by atoms with Gasteiger partial charge in [-0.15, -0.1) is 0 Å². The Morgan fingerprint density at radius 2 is 1.56 bits per heavy atom. The summed E-state index contributed by atoms with van der Waals surface area (Å²) in [4.78, 5) is 13.1. The molecule has 0 unspecified atom stereocenters. The molecule has 0 spiro atoms. The fourth-order valence-corrected chi connectivity index (χ4v) is 4.92. The molecule has 0 fully saturated rings. The van der Waals surface area contributed by atoms with E-state index in [1.54, 1.807) is 42.5 Å². The van der Waals surface area contributed by atoms with Crippen molar-refractivity contribution in [3.05, 3.63) is 82.4 Å². The summed E-state index contributed by atoms with van der Waals surface area (Å²) in [5, 5.41) is 3.13. The monoisotopic (exact) mass is 472 g/mol. The van der Waals surface area contributed by atoms with Gasteiger partial charge in [-0.05, 0) is 74.4 Å². The lowest BCUT2D eigenvalue weighted by molar-refractivity contribution is -0.114. The second kappa shape index (κ2) is 9.63. The van der Waals surface area contributed by atoms with Crippen molar-refractivity contribution < 1.29 is 17.9 Å². The number of sulfonamides is 1. The van der Waals surface area contributed by atoms with Gasteiger partial charge in [-0.25, -0.2) is 8.42 Å². The highest BCUT2D eigenvalue weighted by molar-refractivity contribution is 7.92. The summed E-state index contributed by atoms with van der Waals surface area (Å²) < 4.78 is 33.4. The first kappa shape index (κ1) is 23.6. The van der Waals surface area contributed by atoms with Gasteiger partial charge in [0.15, 0.2) is 0 Å². The molecule has 0 aliphatic carbocycles. The Balaban J connectivity index is 2.00.